The molecule has 0 unspecified atom stereocenters. The van der Waals surface area contributed by atoms with Crippen molar-refractivity contribution in [3.8, 4) is 0 Å². The van der Waals surface area contributed by atoms with Crippen molar-refractivity contribution in [2.24, 2.45) is 0 Å². The third-order valence-corrected chi connectivity index (χ3v) is 3.47. The van der Waals surface area contributed by atoms with Crippen LogP contribution in [0, 0.1) is 6.92 Å². The Hall–Kier alpha value is -0.500. The van der Waals surface area contributed by atoms with E-state index in [1.54, 1.807) is 16.9 Å². The number of nitrogens with two attached hydrogens (primary N) is 1. The van der Waals surface area contributed by atoms with E-state index in [2.05, 4.69) is 6.92 Å². The standard InChI is InChI=1S/C9H13NS/c1-6-7-4-2-3-5-8(7)9(10)11-6/h2-5,10H2,1H3. The summed E-state index contributed by atoms with van der Waals surface area (Å²) >= 11 is 1.76. The monoisotopic (exact) mass is 167 g/mol. The van der Waals surface area contributed by atoms with Gasteiger partial charge in [-0.1, -0.05) is 0 Å². The molecular formula is C9H13NS. The highest BCUT2D eigenvalue weighted by atomic mass is 32.1. The van der Waals surface area contributed by atoms with E-state index in [1.165, 1.54) is 36.1 Å². The lowest BCUT2D eigenvalue weighted by molar-refractivity contribution is 0.689. The molecule has 0 fully saturated rings. The number of nitrogen functional groups attached to an aromatic ring is 1. The Kier molecular flexibility index (Phi) is 1.64. The molecule has 0 radical (unpaired) electrons. The number of anilines is 1. The molecule has 2 N–H and O–H groups in total. The Labute approximate surface area is 71.2 Å². The normalized spacial score (nSPS) is 16.5. The van der Waals surface area contributed by atoms with Crippen molar-refractivity contribution in [2.45, 2.75) is 32.6 Å². The molecule has 1 aromatic heterocycles. The van der Waals surface area contributed by atoms with Crippen molar-refractivity contribution in [1.29, 1.82) is 0 Å². The molecule has 1 nitrogen and oxygen atoms in total. The van der Waals surface area contributed by atoms with E-state index >= 15 is 0 Å². The molecule has 0 saturated heterocycles. The van der Waals surface area contributed by atoms with Gasteiger partial charge in [0.05, 0.1) is 5.00 Å². The highest BCUT2D eigenvalue weighted by Gasteiger charge is 2.16. The molecule has 0 aromatic carbocycles. The van der Waals surface area contributed by atoms with Gasteiger partial charge < -0.3 is 5.73 Å². The zero-order valence-corrected chi connectivity index (χ0v) is 7.63. The van der Waals surface area contributed by atoms with Crippen molar-refractivity contribution in [1.82, 2.24) is 0 Å². The molecular weight excluding hydrogens is 154 g/mol. The first-order chi connectivity index (χ1) is 5.29. The van der Waals surface area contributed by atoms with Crippen LogP contribution in [0.3, 0.4) is 0 Å². The highest BCUT2D eigenvalue weighted by molar-refractivity contribution is 7.16. The molecule has 0 atom stereocenters. The third-order valence-electron chi connectivity index (χ3n) is 2.45. The van der Waals surface area contributed by atoms with Crippen molar-refractivity contribution < 1.29 is 0 Å². The number of thiophene rings is 1. The van der Waals surface area contributed by atoms with Gasteiger partial charge in [0.2, 0.25) is 0 Å². The van der Waals surface area contributed by atoms with Crippen LogP contribution in [0.4, 0.5) is 5.00 Å². The maximum absolute atomic E-state index is 5.88. The second kappa shape index (κ2) is 2.52. The molecule has 1 aromatic rings. The zero-order valence-electron chi connectivity index (χ0n) is 6.81. The van der Waals surface area contributed by atoms with Crippen LogP contribution in [-0.4, -0.2) is 0 Å². The lowest BCUT2D eigenvalue weighted by Gasteiger charge is -2.11. The number of aryl methyl sites for hydroxylation is 1. The maximum Gasteiger partial charge on any atom is 0.0894 e. The first-order valence-electron chi connectivity index (χ1n) is 4.15. The van der Waals surface area contributed by atoms with Crippen molar-refractivity contribution in [3.05, 3.63) is 16.0 Å². The van der Waals surface area contributed by atoms with Gasteiger partial charge in [-0.3, -0.25) is 0 Å². The van der Waals surface area contributed by atoms with Gasteiger partial charge in [-0.25, -0.2) is 0 Å². The minimum atomic E-state index is 1.07. The second-order valence-corrected chi connectivity index (χ2v) is 4.44. The molecule has 2 rings (SSSR count). The van der Waals surface area contributed by atoms with E-state index in [1.807, 2.05) is 0 Å². The summed E-state index contributed by atoms with van der Waals surface area (Å²) < 4.78 is 0. The Morgan fingerprint density at radius 1 is 1.18 bits per heavy atom. The third kappa shape index (κ3) is 1.06. The predicted octanol–water partition coefficient (Wildman–Crippen LogP) is 2.52. The van der Waals surface area contributed by atoms with Crippen molar-refractivity contribution in [3.63, 3.8) is 0 Å². The summed E-state index contributed by atoms with van der Waals surface area (Å²) in [6.45, 7) is 2.19. The van der Waals surface area contributed by atoms with Crippen molar-refractivity contribution >= 4 is 16.3 Å². The largest absolute Gasteiger partial charge is 0.390 e. The lowest BCUT2D eigenvalue weighted by atomic mass is 9.93. The number of hydrogen-bond acceptors (Lipinski definition) is 2. The number of hydrogen-bond donors (Lipinski definition) is 1. The van der Waals surface area contributed by atoms with Crippen LogP contribution in [0.25, 0.3) is 0 Å². The molecule has 1 aliphatic carbocycles. The fourth-order valence-corrected chi connectivity index (χ4v) is 2.88. The summed E-state index contributed by atoms with van der Waals surface area (Å²) in [7, 11) is 0. The average Bonchev–Trinajstić information content (AvgIpc) is 2.30. The molecule has 0 bridgehead atoms. The van der Waals surface area contributed by atoms with Crippen LogP contribution in [0.5, 0.6) is 0 Å². The molecule has 0 aliphatic heterocycles. The van der Waals surface area contributed by atoms with Gasteiger partial charge in [0, 0.05) is 4.88 Å². The maximum atomic E-state index is 5.88. The van der Waals surface area contributed by atoms with E-state index in [0.717, 1.165) is 5.00 Å². The average molecular weight is 167 g/mol. The Bertz CT molecular complexity index is 249. The van der Waals surface area contributed by atoms with E-state index < -0.39 is 0 Å². The van der Waals surface area contributed by atoms with Crippen LogP contribution in [-0.2, 0) is 12.8 Å². The van der Waals surface area contributed by atoms with Gasteiger partial charge >= 0.3 is 0 Å². The fraction of sp³-hybridized carbons (Fsp3) is 0.556. The Balaban J connectivity index is 2.52. The lowest BCUT2D eigenvalue weighted by Crippen LogP contribution is -2.01. The summed E-state index contributed by atoms with van der Waals surface area (Å²) in [6, 6.07) is 0. The molecule has 1 heterocycles. The molecule has 0 saturated carbocycles. The summed E-state index contributed by atoms with van der Waals surface area (Å²) in [5.41, 5.74) is 8.89. The summed E-state index contributed by atoms with van der Waals surface area (Å²) in [4.78, 5) is 1.44. The van der Waals surface area contributed by atoms with Gasteiger partial charge in [-0.05, 0) is 43.7 Å². The smallest absolute Gasteiger partial charge is 0.0894 e. The first-order valence-corrected chi connectivity index (χ1v) is 4.97. The Morgan fingerprint density at radius 3 is 2.45 bits per heavy atom. The minimum absolute atomic E-state index is 1.07. The van der Waals surface area contributed by atoms with E-state index in [-0.39, 0.29) is 0 Å². The molecule has 0 spiro atoms. The van der Waals surface area contributed by atoms with E-state index in [0.29, 0.717) is 0 Å². The summed E-state index contributed by atoms with van der Waals surface area (Å²) in [5, 5.41) is 1.07. The van der Waals surface area contributed by atoms with Crippen LogP contribution in [0.15, 0.2) is 0 Å². The fourth-order valence-electron chi connectivity index (χ4n) is 1.85. The van der Waals surface area contributed by atoms with Crippen LogP contribution >= 0.6 is 11.3 Å². The molecule has 60 valence electrons. The second-order valence-electron chi connectivity index (χ2n) is 3.19. The van der Waals surface area contributed by atoms with Gasteiger partial charge in [-0.2, -0.15) is 0 Å². The van der Waals surface area contributed by atoms with Crippen LogP contribution < -0.4 is 5.73 Å². The molecule has 0 amide bonds. The van der Waals surface area contributed by atoms with Gasteiger partial charge in [0.25, 0.3) is 0 Å². The number of rotatable bonds is 0. The van der Waals surface area contributed by atoms with Gasteiger partial charge in [0.15, 0.2) is 0 Å². The van der Waals surface area contributed by atoms with E-state index in [9.17, 15) is 0 Å². The highest BCUT2D eigenvalue weighted by Crippen LogP contribution is 2.35. The van der Waals surface area contributed by atoms with Crippen molar-refractivity contribution in [2.75, 3.05) is 5.73 Å². The van der Waals surface area contributed by atoms with Gasteiger partial charge in [0.1, 0.15) is 0 Å². The quantitative estimate of drug-likeness (QED) is 0.631. The predicted molar refractivity (Wildman–Crippen MR) is 50.1 cm³/mol. The summed E-state index contributed by atoms with van der Waals surface area (Å²) in [6.07, 6.45) is 5.15. The Morgan fingerprint density at radius 2 is 1.82 bits per heavy atom. The molecule has 11 heavy (non-hydrogen) atoms. The summed E-state index contributed by atoms with van der Waals surface area (Å²) in [5.74, 6) is 0. The minimum Gasteiger partial charge on any atom is -0.390 e. The van der Waals surface area contributed by atoms with Crippen LogP contribution in [0.2, 0.25) is 0 Å². The molecule has 2 heteroatoms. The van der Waals surface area contributed by atoms with Crippen LogP contribution in [0.1, 0.15) is 28.8 Å². The zero-order chi connectivity index (χ0) is 7.84. The first kappa shape index (κ1) is 7.17. The number of fused-ring (bicyclic) bond motifs is 1. The van der Waals surface area contributed by atoms with E-state index in [4.69, 9.17) is 5.73 Å². The molecule has 1 aliphatic rings. The van der Waals surface area contributed by atoms with Gasteiger partial charge in [-0.15, -0.1) is 11.3 Å². The topological polar surface area (TPSA) is 26.0 Å². The SMILES string of the molecule is Cc1sc(N)c2c1CCCC2.